The zero-order valence-corrected chi connectivity index (χ0v) is 10.2. The minimum absolute atomic E-state index is 0.372. The summed E-state index contributed by atoms with van der Waals surface area (Å²) in [5.74, 6) is 2.05. The molecule has 0 unspecified atom stereocenters. The first-order valence-electron chi connectivity index (χ1n) is 6.13. The standard InChI is InChI=1S/C13H26O/c1-10(2)7-13(14,8-11(3)4)9-12-5-6-12/h10-12,14H,5-9H2,1-4H3. The average molecular weight is 198 g/mol. The fraction of sp³-hybridized carbons (Fsp3) is 1.00. The first kappa shape index (κ1) is 12.0. The van der Waals surface area contributed by atoms with Crippen molar-refractivity contribution in [1.82, 2.24) is 0 Å². The molecule has 1 saturated carbocycles. The zero-order chi connectivity index (χ0) is 10.8. The van der Waals surface area contributed by atoms with Gasteiger partial charge in [-0.1, -0.05) is 40.5 Å². The highest BCUT2D eigenvalue weighted by Gasteiger charge is 2.35. The van der Waals surface area contributed by atoms with Crippen LogP contribution in [-0.2, 0) is 0 Å². The molecular formula is C13H26O. The average Bonchev–Trinajstić information content (AvgIpc) is 2.65. The summed E-state index contributed by atoms with van der Waals surface area (Å²) in [6.07, 6.45) is 5.68. The van der Waals surface area contributed by atoms with Crippen LogP contribution in [-0.4, -0.2) is 10.7 Å². The maximum Gasteiger partial charge on any atom is 0.0655 e. The van der Waals surface area contributed by atoms with E-state index in [4.69, 9.17) is 0 Å². The van der Waals surface area contributed by atoms with Gasteiger partial charge < -0.3 is 5.11 Å². The van der Waals surface area contributed by atoms with Crippen LogP contribution < -0.4 is 0 Å². The maximum atomic E-state index is 10.6. The van der Waals surface area contributed by atoms with E-state index in [2.05, 4.69) is 27.7 Å². The SMILES string of the molecule is CC(C)CC(O)(CC(C)C)CC1CC1. The van der Waals surface area contributed by atoms with Crippen LogP contribution in [0.25, 0.3) is 0 Å². The molecule has 0 atom stereocenters. The summed E-state index contributed by atoms with van der Waals surface area (Å²) in [7, 11) is 0. The summed E-state index contributed by atoms with van der Waals surface area (Å²) in [6.45, 7) is 8.83. The van der Waals surface area contributed by atoms with Gasteiger partial charge in [-0.2, -0.15) is 0 Å². The van der Waals surface area contributed by atoms with Crippen molar-refractivity contribution in [3.8, 4) is 0 Å². The normalized spacial score (nSPS) is 18.2. The topological polar surface area (TPSA) is 20.2 Å². The summed E-state index contributed by atoms with van der Waals surface area (Å²) in [5, 5.41) is 10.6. The number of hydrogen-bond acceptors (Lipinski definition) is 1. The summed E-state index contributed by atoms with van der Waals surface area (Å²) >= 11 is 0. The predicted octanol–water partition coefficient (Wildman–Crippen LogP) is 3.61. The largest absolute Gasteiger partial charge is 0.390 e. The van der Waals surface area contributed by atoms with Crippen molar-refractivity contribution < 1.29 is 5.11 Å². The van der Waals surface area contributed by atoms with Gasteiger partial charge in [0.15, 0.2) is 0 Å². The predicted molar refractivity (Wildman–Crippen MR) is 61.2 cm³/mol. The third-order valence-electron chi connectivity index (χ3n) is 2.94. The van der Waals surface area contributed by atoms with Gasteiger partial charge in [0, 0.05) is 0 Å². The minimum Gasteiger partial charge on any atom is -0.390 e. The maximum absolute atomic E-state index is 10.6. The highest BCUT2D eigenvalue weighted by molar-refractivity contribution is 4.88. The van der Waals surface area contributed by atoms with Crippen LogP contribution >= 0.6 is 0 Å². The molecule has 0 spiro atoms. The summed E-state index contributed by atoms with van der Waals surface area (Å²) < 4.78 is 0. The van der Waals surface area contributed by atoms with Crippen molar-refractivity contribution in [1.29, 1.82) is 0 Å². The Kier molecular flexibility index (Phi) is 4.00. The molecule has 0 aromatic heterocycles. The van der Waals surface area contributed by atoms with Crippen LogP contribution in [0.15, 0.2) is 0 Å². The molecule has 1 heteroatoms. The lowest BCUT2D eigenvalue weighted by Crippen LogP contribution is -2.32. The van der Waals surface area contributed by atoms with Gasteiger partial charge in [-0.15, -0.1) is 0 Å². The van der Waals surface area contributed by atoms with Crippen molar-refractivity contribution in [2.45, 2.75) is 65.4 Å². The smallest absolute Gasteiger partial charge is 0.0655 e. The molecule has 0 aromatic carbocycles. The van der Waals surface area contributed by atoms with E-state index < -0.39 is 0 Å². The lowest BCUT2D eigenvalue weighted by molar-refractivity contribution is -0.0121. The van der Waals surface area contributed by atoms with Crippen LogP contribution in [0.2, 0.25) is 0 Å². The molecule has 0 radical (unpaired) electrons. The number of aliphatic hydroxyl groups is 1. The molecule has 0 aromatic rings. The Hall–Kier alpha value is -0.0400. The van der Waals surface area contributed by atoms with E-state index in [0.717, 1.165) is 25.2 Å². The Morgan fingerprint density at radius 2 is 1.50 bits per heavy atom. The molecule has 1 fully saturated rings. The first-order valence-corrected chi connectivity index (χ1v) is 6.13. The molecule has 14 heavy (non-hydrogen) atoms. The monoisotopic (exact) mass is 198 g/mol. The highest BCUT2D eigenvalue weighted by Crippen LogP contribution is 2.41. The molecule has 1 nitrogen and oxygen atoms in total. The lowest BCUT2D eigenvalue weighted by Gasteiger charge is -2.31. The van der Waals surface area contributed by atoms with Gasteiger partial charge in [0.25, 0.3) is 0 Å². The van der Waals surface area contributed by atoms with Crippen molar-refractivity contribution >= 4 is 0 Å². The molecule has 0 heterocycles. The Morgan fingerprint density at radius 1 is 1.07 bits per heavy atom. The minimum atomic E-state index is -0.372. The van der Waals surface area contributed by atoms with Crippen molar-refractivity contribution in [3.05, 3.63) is 0 Å². The second-order valence-electron chi connectivity index (χ2n) is 6.07. The fourth-order valence-electron chi connectivity index (χ4n) is 2.63. The highest BCUT2D eigenvalue weighted by atomic mass is 16.3. The van der Waals surface area contributed by atoms with E-state index in [9.17, 15) is 5.11 Å². The van der Waals surface area contributed by atoms with E-state index in [1.807, 2.05) is 0 Å². The quantitative estimate of drug-likeness (QED) is 0.691. The Balaban J connectivity index is 2.46. The van der Waals surface area contributed by atoms with E-state index >= 15 is 0 Å². The van der Waals surface area contributed by atoms with E-state index in [0.29, 0.717) is 11.8 Å². The van der Waals surface area contributed by atoms with E-state index in [-0.39, 0.29) is 5.60 Å². The van der Waals surface area contributed by atoms with Crippen LogP contribution in [0.5, 0.6) is 0 Å². The molecule has 84 valence electrons. The second kappa shape index (κ2) is 4.65. The first-order chi connectivity index (χ1) is 6.41. The zero-order valence-electron chi connectivity index (χ0n) is 10.2. The van der Waals surface area contributed by atoms with Crippen LogP contribution in [0.1, 0.15) is 59.8 Å². The summed E-state index contributed by atoms with van der Waals surface area (Å²) in [5.41, 5.74) is -0.372. The van der Waals surface area contributed by atoms with Gasteiger partial charge in [-0.05, 0) is 37.0 Å². The molecule has 1 rings (SSSR count). The van der Waals surface area contributed by atoms with Gasteiger partial charge in [0.05, 0.1) is 5.60 Å². The van der Waals surface area contributed by atoms with Gasteiger partial charge in [-0.3, -0.25) is 0 Å². The molecule has 1 aliphatic rings. The van der Waals surface area contributed by atoms with Gasteiger partial charge >= 0.3 is 0 Å². The Bertz CT molecular complexity index is 150. The van der Waals surface area contributed by atoms with Crippen molar-refractivity contribution in [2.75, 3.05) is 0 Å². The van der Waals surface area contributed by atoms with E-state index in [1.54, 1.807) is 0 Å². The number of rotatable bonds is 6. The molecule has 0 amide bonds. The van der Waals surface area contributed by atoms with Crippen molar-refractivity contribution in [3.63, 3.8) is 0 Å². The van der Waals surface area contributed by atoms with Crippen LogP contribution in [0.3, 0.4) is 0 Å². The summed E-state index contributed by atoms with van der Waals surface area (Å²) in [6, 6.07) is 0. The number of hydrogen-bond donors (Lipinski definition) is 1. The molecule has 1 N–H and O–H groups in total. The third kappa shape index (κ3) is 4.45. The molecule has 1 aliphatic carbocycles. The molecule has 0 saturated heterocycles. The van der Waals surface area contributed by atoms with Crippen LogP contribution in [0.4, 0.5) is 0 Å². The molecule has 0 bridgehead atoms. The molecular weight excluding hydrogens is 172 g/mol. The molecule has 0 aliphatic heterocycles. The lowest BCUT2D eigenvalue weighted by atomic mass is 9.81. The Morgan fingerprint density at radius 3 is 1.79 bits per heavy atom. The van der Waals surface area contributed by atoms with Gasteiger partial charge in [-0.25, -0.2) is 0 Å². The second-order valence-corrected chi connectivity index (χ2v) is 6.07. The van der Waals surface area contributed by atoms with E-state index in [1.165, 1.54) is 12.8 Å². The van der Waals surface area contributed by atoms with Gasteiger partial charge in [0.2, 0.25) is 0 Å². The van der Waals surface area contributed by atoms with Gasteiger partial charge in [0.1, 0.15) is 0 Å². The fourth-order valence-corrected chi connectivity index (χ4v) is 2.63. The summed E-state index contributed by atoms with van der Waals surface area (Å²) in [4.78, 5) is 0. The van der Waals surface area contributed by atoms with Crippen LogP contribution in [0, 0.1) is 17.8 Å². The Labute approximate surface area is 88.9 Å². The third-order valence-corrected chi connectivity index (χ3v) is 2.94. The van der Waals surface area contributed by atoms with Crippen molar-refractivity contribution in [2.24, 2.45) is 17.8 Å².